The van der Waals surface area contributed by atoms with Gasteiger partial charge in [0.2, 0.25) is 0 Å². The van der Waals surface area contributed by atoms with Crippen molar-refractivity contribution in [2.75, 3.05) is 0 Å². The van der Waals surface area contributed by atoms with E-state index in [1.807, 2.05) is 6.07 Å². The second-order valence-electron chi connectivity index (χ2n) is 4.31. The molecule has 1 saturated carbocycles. The highest BCUT2D eigenvalue weighted by atomic mass is 19.1. The van der Waals surface area contributed by atoms with Crippen LogP contribution in [-0.4, -0.2) is 6.04 Å². The Balaban J connectivity index is 1.93. The second-order valence-corrected chi connectivity index (χ2v) is 4.31. The lowest BCUT2D eigenvalue weighted by Gasteiger charge is -2.05. The summed E-state index contributed by atoms with van der Waals surface area (Å²) in [5.74, 6) is 0.474. The summed E-state index contributed by atoms with van der Waals surface area (Å²) in [4.78, 5) is 0. The Morgan fingerprint density at radius 2 is 2.38 bits per heavy atom. The molecular formula is C13H15FN2. The maximum absolute atomic E-state index is 13.5. The lowest BCUT2D eigenvalue weighted by molar-refractivity contribution is 0.572. The van der Waals surface area contributed by atoms with Crippen LogP contribution in [0.2, 0.25) is 0 Å². The van der Waals surface area contributed by atoms with Crippen LogP contribution in [0.1, 0.15) is 30.9 Å². The van der Waals surface area contributed by atoms with Crippen molar-refractivity contribution in [1.82, 2.24) is 5.32 Å². The summed E-state index contributed by atoms with van der Waals surface area (Å²) < 4.78 is 13.5. The molecule has 84 valence electrons. The average molecular weight is 218 g/mol. The van der Waals surface area contributed by atoms with Gasteiger partial charge in [-0.3, -0.25) is 0 Å². The molecular weight excluding hydrogens is 203 g/mol. The van der Waals surface area contributed by atoms with Gasteiger partial charge in [-0.25, -0.2) is 4.39 Å². The predicted molar refractivity (Wildman–Crippen MR) is 60.1 cm³/mol. The molecule has 0 saturated heterocycles. The Morgan fingerprint density at radius 1 is 1.56 bits per heavy atom. The van der Waals surface area contributed by atoms with E-state index in [1.165, 1.54) is 18.9 Å². The van der Waals surface area contributed by atoms with Gasteiger partial charge in [-0.15, -0.1) is 0 Å². The molecule has 1 fully saturated rings. The zero-order valence-corrected chi connectivity index (χ0v) is 9.33. The Labute approximate surface area is 95.1 Å². The number of benzene rings is 1. The van der Waals surface area contributed by atoms with Crippen LogP contribution in [0.5, 0.6) is 0 Å². The normalized spacial score (nSPS) is 22.8. The number of hydrogen-bond acceptors (Lipinski definition) is 2. The fourth-order valence-corrected chi connectivity index (χ4v) is 1.95. The third-order valence-corrected chi connectivity index (χ3v) is 3.18. The molecule has 2 rings (SSSR count). The Bertz CT molecular complexity index is 422. The van der Waals surface area contributed by atoms with Gasteiger partial charge in [0, 0.05) is 18.2 Å². The van der Waals surface area contributed by atoms with Crippen LogP contribution in [0.4, 0.5) is 4.39 Å². The number of nitriles is 1. The van der Waals surface area contributed by atoms with Crippen LogP contribution < -0.4 is 5.32 Å². The van der Waals surface area contributed by atoms with Gasteiger partial charge in [-0.2, -0.15) is 5.26 Å². The summed E-state index contributed by atoms with van der Waals surface area (Å²) in [6.07, 6.45) is 2.39. The summed E-state index contributed by atoms with van der Waals surface area (Å²) in [5, 5.41) is 11.9. The highest BCUT2D eigenvalue weighted by molar-refractivity contribution is 5.32. The zero-order chi connectivity index (χ0) is 11.5. The van der Waals surface area contributed by atoms with Crippen molar-refractivity contribution in [3.63, 3.8) is 0 Å². The molecule has 2 unspecified atom stereocenters. The van der Waals surface area contributed by atoms with Crippen molar-refractivity contribution >= 4 is 0 Å². The van der Waals surface area contributed by atoms with Crippen molar-refractivity contribution < 1.29 is 4.39 Å². The van der Waals surface area contributed by atoms with Crippen LogP contribution in [0.25, 0.3) is 0 Å². The van der Waals surface area contributed by atoms with Crippen LogP contribution in [-0.2, 0) is 6.54 Å². The fraction of sp³-hybridized carbons (Fsp3) is 0.462. The number of nitrogens with one attached hydrogen (secondary N) is 1. The van der Waals surface area contributed by atoms with E-state index in [0.29, 0.717) is 23.7 Å². The molecule has 1 N–H and O–H groups in total. The molecule has 3 heteroatoms. The topological polar surface area (TPSA) is 35.8 Å². The molecule has 0 heterocycles. The summed E-state index contributed by atoms with van der Waals surface area (Å²) in [6, 6.07) is 7.12. The first-order valence-corrected chi connectivity index (χ1v) is 5.66. The summed E-state index contributed by atoms with van der Waals surface area (Å²) >= 11 is 0. The van der Waals surface area contributed by atoms with Crippen LogP contribution >= 0.6 is 0 Å². The molecule has 0 spiro atoms. The van der Waals surface area contributed by atoms with Gasteiger partial charge in [0.25, 0.3) is 0 Å². The molecule has 16 heavy (non-hydrogen) atoms. The van der Waals surface area contributed by atoms with Gasteiger partial charge in [0.05, 0.1) is 11.6 Å². The van der Waals surface area contributed by atoms with Gasteiger partial charge >= 0.3 is 0 Å². The SMILES string of the molecule is CCC1CC1NCc1ccc(C#N)cc1F. The third-order valence-electron chi connectivity index (χ3n) is 3.18. The van der Waals surface area contributed by atoms with Crippen molar-refractivity contribution in [3.05, 3.63) is 35.1 Å². The first-order valence-electron chi connectivity index (χ1n) is 5.66. The lowest BCUT2D eigenvalue weighted by Crippen LogP contribution is -2.18. The monoisotopic (exact) mass is 218 g/mol. The van der Waals surface area contributed by atoms with E-state index >= 15 is 0 Å². The van der Waals surface area contributed by atoms with Gasteiger partial charge in [-0.05, 0) is 24.5 Å². The van der Waals surface area contributed by atoms with E-state index in [0.717, 1.165) is 5.92 Å². The molecule has 0 amide bonds. The molecule has 1 aliphatic rings. The molecule has 1 aromatic carbocycles. The smallest absolute Gasteiger partial charge is 0.129 e. The molecule has 1 aliphatic carbocycles. The highest BCUT2D eigenvalue weighted by Crippen LogP contribution is 2.33. The van der Waals surface area contributed by atoms with Gasteiger partial charge in [-0.1, -0.05) is 19.4 Å². The molecule has 0 aliphatic heterocycles. The van der Waals surface area contributed by atoms with Gasteiger partial charge in [0.1, 0.15) is 5.82 Å². The number of hydrogen-bond donors (Lipinski definition) is 1. The third kappa shape index (κ3) is 2.40. The van der Waals surface area contributed by atoms with Crippen molar-refractivity contribution in [1.29, 1.82) is 5.26 Å². The maximum Gasteiger partial charge on any atom is 0.129 e. The predicted octanol–water partition coefficient (Wildman–Crippen LogP) is 2.59. The highest BCUT2D eigenvalue weighted by Gasteiger charge is 2.34. The first-order chi connectivity index (χ1) is 7.74. The Kier molecular flexibility index (Phi) is 3.21. The van der Waals surface area contributed by atoms with E-state index in [1.54, 1.807) is 12.1 Å². The summed E-state index contributed by atoms with van der Waals surface area (Å²) in [7, 11) is 0. The van der Waals surface area contributed by atoms with Crippen LogP contribution in [0.15, 0.2) is 18.2 Å². The van der Waals surface area contributed by atoms with E-state index in [4.69, 9.17) is 5.26 Å². The number of rotatable bonds is 4. The minimum atomic E-state index is -0.291. The largest absolute Gasteiger partial charge is 0.310 e. The second kappa shape index (κ2) is 4.63. The quantitative estimate of drug-likeness (QED) is 0.843. The molecule has 0 radical (unpaired) electrons. The standard InChI is InChI=1S/C13H15FN2/c1-2-10-6-13(10)16-8-11-4-3-9(7-15)5-12(11)14/h3-5,10,13,16H,2,6,8H2,1H3. The lowest BCUT2D eigenvalue weighted by atomic mass is 10.1. The Hall–Kier alpha value is -1.40. The van der Waals surface area contributed by atoms with Gasteiger partial charge < -0.3 is 5.32 Å². The summed E-state index contributed by atoms with van der Waals surface area (Å²) in [5.41, 5.74) is 1.01. The van der Waals surface area contributed by atoms with E-state index in [9.17, 15) is 4.39 Å². The zero-order valence-electron chi connectivity index (χ0n) is 9.33. The average Bonchev–Trinajstić information content (AvgIpc) is 3.06. The van der Waals surface area contributed by atoms with Crippen molar-refractivity contribution in [2.45, 2.75) is 32.4 Å². The van der Waals surface area contributed by atoms with E-state index in [2.05, 4.69) is 12.2 Å². The molecule has 1 aromatic rings. The maximum atomic E-state index is 13.5. The Morgan fingerprint density at radius 3 is 2.94 bits per heavy atom. The van der Waals surface area contributed by atoms with Crippen LogP contribution in [0.3, 0.4) is 0 Å². The summed E-state index contributed by atoms with van der Waals surface area (Å²) in [6.45, 7) is 2.73. The van der Waals surface area contributed by atoms with E-state index < -0.39 is 0 Å². The molecule has 2 atom stereocenters. The van der Waals surface area contributed by atoms with E-state index in [-0.39, 0.29) is 5.82 Å². The van der Waals surface area contributed by atoms with Crippen molar-refractivity contribution in [2.24, 2.45) is 5.92 Å². The minimum absolute atomic E-state index is 0.291. The molecule has 2 nitrogen and oxygen atoms in total. The number of nitrogens with zero attached hydrogens (tertiary/aromatic N) is 1. The minimum Gasteiger partial charge on any atom is -0.310 e. The van der Waals surface area contributed by atoms with Gasteiger partial charge in [0.15, 0.2) is 0 Å². The molecule has 0 bridgehead atoms. The first kappa shape index (κ1) is 11.1. The number of halogens is 1. The van der Waals surface area contributed by atoms with Crippen molar-refractivity contribution in [3.8, 4) is 6.07 Å². The van der Waals surface area contributed by atoms with Crippen LogP contribution in [0, 0.1) is 23.1 Å². The fourth-order valence-electron chi connectivity index (χ4n) is 1.95. The molecule has 0 aromatic heterocycles.